The van der Waals surface area contributed by atoms with Gasteiger partial charge in [0.2, 0.25) is 0 Å². The van der Waals surface area contributed by atoms with Crippen LogP contribution in [0.2, 0.25) is 0 Å². The molecule has 2 heteroatoms. The van der Waals surface area contributed by atoms with Crippen LogP contribution in [-0.4, -0.2) is 19.3 Å². The van der Waals surface area contributed by atoms with E-state index in [0.29, 0.717) is 5.41 Å². The molecule has 5 rings (SSSR count). The summed E-state index contributed by atoms with van der Waals surface area (Å²) in [6, 6.07) is 23.7. The topological polar surface area (TPSA) is 15.6 Å². The maximum Gasteiger partial charge on any atom is 0.0636 e. The molecule has 29 heavy (non-hydrogen) atoms. The molecule has 1 spiro atoms. The largest absolute Gasteiger partial charge is 0.371 e. The van der Waals surface area contributed by atoms with Gasteiger partial charge < -0.3 is 4.90 Å². The monoisotopic (exact) mass is 382 g/mol. The molecule has 1 saturated heterocycles. The van der Waals surface area contributed by atoms with Crippen LogP contribution in [0.5, 0.6) is 0 Å². The highest BCUT2D eigenvalue weighted by molar-refractivity contribution is 5.87. The quantitative estimate of drug-likeness (QED) is 0.439. The summed E-state index contributed by atoms with van der Waals surface area (Å²) < 4.78 is 0. The zero-order valence-electron chi connectivity index (χ0n) is 17.2. The van der Waals surface area contributed by atoms with Crippen molar-refractivity contribution >= 4 is 28.4 Å². The highest BCUT2D eigenvalue weighted by Crippen LogP contribution is 2.45. The average Bonchev–Trinajstić information content (AvgIpc) is 2.79. The smallest absolute Gasteiger partial charge is 0.0636 e. The lowest BCUT2D eigenvalue weighted by Crippen LogP contribution is -2.41. The van der Waals surface area contributed by atoms with E-state index in [4.69, 9.17) is 0 Å². The van der Waals surface area contributed by atoms with E-state index < -0.39 is 0 Å². The second-order valence-electron chi connectivity index (χ2n) is 8.93. The average molecular weight is 383 g/mol. The molecule has 1 heterocycles. The van der Waals surface area contributed by atoms with Crippen LogP contribution in [0.4, 0.5) is 11.4 Å². The zero-order chi connectivity index (χ0) is 19.5. The van der Waals surface area contributed by atoms with E-state index in [0.717, 1.165) is 11.3 Å². The fourth-order valence-electron chi connectivity index (χ4n) is 5.22. The van der Waals surface area contributed by atoms with E-state index in [1.54, 1.807) is 0 Å². The molecule has 0 unspecified atom stereocenters. The van der Waals surface area contributed by atoms with Crippen LogP contribution in [0.1, 0.15) is 50.5 Å². The molecule has 0 atom stereocenters. The first-order chi connectivity index (χ1) is 14.3. The van der Waals surface area contributed by atoms with Crippen molar-refractivity contribution < 1.29 is 0 Å². The van der Waals surface area contributed by atoms with E-state index in [-0.39, 0.29) is 0 Å². The van der Waals surface area contributed by atoms with Gasteiger partial charge in [-0.3, -0.25) is 4.99 Å². The van der Waals surface area contributed by atoms with Crippen LogP contribution in [0.3, 0.4) is 0 Å². The second kappa shape index (κ2) is 8.02. The molecule has 1 saturated carbocycles. The molecule has 0 N–H and O–H groups in total. The van der Waals surface area contributed by atoms with Gasteiger partial charge in [-0.15, -0.1) is 0 Å². The lowest BCUT2D eigenvalue weighted by atomic mass is 9.68. The molecule has 2 aliphatic rings. The molecular weight excluding hydrogens is 352 g/mol. The van der Waals surface area contributed by atoms with Gasteiger partial charge in [-0.1, -0.05) is 61.7 Å². The minimum atomic E-state index is 0.668. The van der Waals surface area contributed by atoms with Gasteiger partial charge in [-0.05, 0) is 71.7 Å². The third-order valence-corrected chi connectivity index (χ3v) is 7.09. The summed E-state index contributed by atoms with van der Waals surface area (Å²) in [6.07, 6.45) is 12.0. The third-order valence-electron chi connectivity index (χ3n) is 7.09. The van der Waals surface area contributed by atoms with Crippen molar-refractivity contribution in [2.24, 2.45) is 10.4 Å². The van der Waals surface area contributed by atoms with Gasteiger partial charge in [-0.2, -0.15) is 0 Å². The molecule has 0 radical (unpaired) electrons. The minimum absolute atomic E-state index is 0.668. The number of benzene rings is 3. The Morgan fingerprint density at radius 1 is 0.724 bits per heavy atom. The van der Waals surface area contributed by atoms with Gasteiger partial charge in [-0.25, -0.2) is 0 Å². The van der Waals surface area contributed by atoms with Crippen molar-refractivity contribution in [3.05, 3.63) is 72.3 Å². The fourth-order valence-corrected chi connectivity index (χ4v) is 5.22. The molecule has 3 aromatic carbocycles. The van der Waals surface area contributed by atoms with E-state index in [9.17, 15) is 0 Å². The Balaban J connectivity index is 1.23. The molecule has 0 amide bonds. The van der Waals surface area contributed by atoms with Crippen molar-refractivity contribution in [3.63, 3.8) is 0 Å². The van der Waals surface area contributed by atoms with Crippen molar-refractivity contribution in [2.75, 3.05) is 18.0 Å². The normalized spacial score (nSPS) is 19.2. The Kier molecular flexibility index (Phi) is 5.10. The van der Waals surface area contributed by atoms with Gasteiger partial charge in [0.15, 0.2) is 0 Å². The number of rotatable bonds is 3. The van der Waals surface area contributed by atoms with E-state index in [1.165, 1.54) is 74.5 Å². The van der Waals surface area contributed by atoms with Gasteiger partial charge >= 0.3 is 0 Å². The summed E-state index contributed by atoms with van der Waals surface area (Å²) in [4.78, 5) is 7.26. The Morgan fingerprint density at radius 3 is 2.21 bits per heavy atom. The predicted octanol–water partition coefficient (Wildman–Crippen LogP) is 7.14. The van der Waals surface area contributed by atoms with E-state index >= 15 is 0 Å². The summed E-state index contributed by atoms with van der Waals surface area (Å²) in [7, 11) is 0. The van der Waals surface area contributed by atoms with Crippen molar-refractivity contribution in [1.29, 1.82) is 0 Å². The molecule has 1 aliphatic heterocycles. The number of piperidine rings is 1. The van der Waals surface area contributed by atoms with Crippen molar-refractivity contribution in [3.8, 4) is 0 Å². The Hall–Kier alpha value is -2.61. The lowest BCUT2D eigenvalue weighted by molar-refractivity contribution is 0.144. The number of aliphatic imine (C=N–C) groups is 1. The summed E-state index contributed by atoms with van der Waals surface area (Å²) in [5.41, 5.74) is 4.18. The Bertz CT molecular complexity index is 986. The van der Waals surface area contributed by atoms with E-state index in [1.807, 2.05) is 6.21 Å². The lowest BCUT2D eigenvalue weighted by Gasteiger charge is -2.45. The number of hydrogen-bond donors (Lipinski definition) is 0. The highest BCUT2D eigenvalue weighted by Gasteiger charge is 2.35. The molecule has 2 nitrogen and oxygen atoms in total. The number of fused-ring (bicyclic) bond motifs is 1. The molecule has 2 fully saturated rings. The van der Waals surface area contributed by atoms with Gasteiger partial charge in [0.1, 0.15) is 0 Å². The molecule has 0 aromatic heterocycles. The van der Waals surface area contributed by atoms with Crippen LogP contribution in [-0.2, 0) is 0 Å². The molecular formula is C27H30N2. The summed E-state index contributed by atoms with van der Waals surface area (Å²) in [6.45, 7) is 2.43. The molecule has 3 aromatic rings. The third kappa shape index (κ3) is 4.07. The van der Waals surface area contributed by atoms with Crippen LogP contribution in [0.25, 0.3) is 10.8 Å². The Morgan fingerprint density at radius 2 is 1.45 bits per heavy atom. The maximum atomic E-state index is 4.69. The van der Waals surface area contributed by atoms with Crippen LogP contribution in [0.15, 0.2) is 71.7 Å². The van der Waals surface area contributed by atoms with Crippen LogP contribution in [0, 0.1) is 5.41 Å². The maximum absolute atomic E-state index is 4.69. The number of hydrogen-bond acceptors (Lipinski definition) is 2. The number of nitrogens with zero attached hydrogens (tertiary/aromatic N) is 2. The van der Waals surface area contributed by atoms with Crippen LogP contribution >= 0.6 is 0 Å². The van der Waals surface area contributed by atoms with Gasteiger partial charge in [0, 0.05) is 25.0 Å². The highest BCUT2D eigenvalue weighted by atomic mass is 15.1. The molecule has 0 bridgehead atoms. The molecule has 1 aliphatic carbocycles. The number of anilines is 1. The fraction of sp³-hybridized carbons (Fsp3) is 0.370. The molecule has 148 valence electrons. The summed E-state index contributed by atoms with van der Waals surface area (Å²) >= 11 is 0. The van der Waals surface area contributed by atoms with Gasteiger partial charge in [0.05, 0.1) is 5.69 Å². The summed E-state index contributed by atoms with van der Waals surface area (Å²) in [5, 5.41) is 2.49. The predicted molar refractivity (Wildman–Crippen MR) is 125 cm³/mol. The van der Waals surface area contributed by atoms with E-state index in [2.05, 4.69) is 76.6 Å². The van der Waals surface area contributed by atoms with Crippen molar-refractivity contribution in [1.82, 2.24) is 0 Å². The van der Waals surface area contributed by atoms with Crippen molar-refractivity contribution in [2.45, 2.75) is 44.9 Å². The first kappa shape index (κ1) is 18.4. The SMILES string of the molecule is C(=Nc1ccc2ccccc2c1)c1ccc(N2CCC3(CCCCC3)CC2)cc1. The summed E-state index contributed by atoms with van der Waals surface area (Å²) in [5.74, 6) is 0. The van der Waals surface area contributed by atoms with Gasteiger partial charge in [0.25, 0.3) is 0 Å². The second-order valence-corrected chi connectivity index (χ2v) is 8.93. The first-order valence-corrected chi connectivity index (χ1v) is 11.2. The van der Waals surface area contributed by atoms with Crippen LogP contribution < -0.4 is 4.90 Å². The minimum Gasteiger partial charge on any atom is -0.371 e. The Labute approximate surface area is 174 Å². The zero-order valence-corrected chi connectivity index (χ0v) is 17.2. The first-order valence-electron chi connectivity index (χ1n) is 11.2. The standard InChI is InChI=1S/C27H30N2/c1-4-14-27(15-5-1)16-18-29(19-17-27)26-12-8-22(9-13-26)21-28-25-11-10-23-6-2-3-7-24(23)20-25/h2-3,6-13,20-21H,1,4-5,14-19H2.